The van der Waals surface area contributed by atoms with Gasteiger partial charge in [0.25, 0.3) is 0 Å². The first-order chi connectivity index (χ1) is 11.1. The van der Waals surface area contributed by atoms with Crippen LogP contribution in [0.3, 0.4) is 0 Å². The smallest absolute Gasteiger partial charge is 0.0566 e. The van der Waals surface area contributed by atoms with Crippen molar-refractivity contribution in [2.24, 2.45) is 16.2 Å². The predicted molar refractivity (Wildman–Crippen MR) is 91.7 cm³/mol. The highest BCUT2D eigenvalue weighted by Gasteiger charge is 2.39. The van der Waals surface area contributed by atoms with Crippen molar-refractivity contribution < 1.29 is 18.9 Å². The Hall–Kier alpha value is -0.160. The Labute approximate surface area is 142 Å². The summed E-state index contributed by atoms with van der Waals surface area (Å²) in [7, 11) is 0. The van der Waals surface area contributed by atoms with Crippen molar-refractivity contribution in [1.82, 2.24) is 0 Å². The minimum Gasteiger partial charge on any atom is -0.380 e. The lowest BCUT2D eigenvalue weighted by molar-refractivity contribution is -0.171. The third-order valence-electron chi connectivity index (χ3n) is 6.27. The van der Waals surface area contributed by atoms with E-state index in [-0.39, 0.29) is 16.2 Å². The maximum absolute atomic E-state index is 6.14. The van der Waals surface area contributed by atoms with Gasteiger partial charge in [-0.05, 0) is 25.7 Å². The second kappa shape index (κ2) is 8.28. The second-order valence-corrected chi connectivity index (χ2v) is 7.89. The van der Waals surface area contributed by atoms with Crippen molar-refractivity contribution in [3.8, 4) is 0 Å². The molecule has 0 bridgehead atoms. The molecule has 136 valence electrons. The topological polar surface area (TPSA) is 36.9 Å². The zero-order valence-electron chi connectivity index (χ0n) is 15.6. The highest BCUT2D eigenvalue weighted by Crippen LogP contribution is 2.35. The van der Waals surface area contributed by atoms with Crippen molar-refractivity contribution in [1.29, 1.82) is 0 Å². The van der Waals surface area contributed by atoms with E-state index in [4.69, 9.17) is 18.9 Å². The summed E-state index contributed by atoms with van der Waals surface area (Å²) < 4.78 is 23.1. The van der Waals surface area contributed by atoms with E-state index in [1.54, 1.807) is 0 Å². The summed E-state index contributed by atoms with van der Waals surface area (Å²) in [6, 6.07) is 0. The molecule has 23 heavy (non-hydrogen) atoms. The lowest BCUT2D eigenvalue weighted by Crippen LogP contribution is -2.47. The van der Waals surface area contributed by atoms with Gasteiger partial charge in [0.05, 0.1) is 52.9 Å². The van der Waals surface area contributed by atoms with Gasteiger partial charge >= 0.3 is 0 Å². The van der Waals surface area contributed by atoms with Gasteiger partial charge in [-0.3, -0.25) is 0 Å². The Bertz CT molecular complexity index is 302. The monoisotopic (exact) mass is 328 g/mol. The van der Waals surface area contributed by atoms with Crippen LogP contribution in [0.5, 0.6) is 0 Å². The van der Waals surface area contributed by atoms with Gasteiger partial charge in [-0.15, -0.1) is 0 Å². The fourth-order valence-corrected chi connectivity index (χ4v) is 3.23. The Kier molecular flexibility index (Phi) is 6.90. The van der Waals surface area contributed by atoms with Crippen molar-refractivity contribution in [2.45, 2.75) is 53.4 Å². The van der Waals surface area contributed by atoms with Crippen LogP contribution < -0.4 is 0 Å². The fraction of sp³-hybridized carbons (Fsp3) is 1.00. The minimum atomic E-state index is 0.138. The van der Waals surface area contributed by atoms with Gasteiger partial charge in [0.1, 0.15) is 0 Å². The zero-order valence-corrected chi connectivity index (χ0v) is 15.6. The van der Waals surface area contributed by atoms with E-state index in [0.717, 1.165) is 78.5 Å². The van der Waals surface area contributed by atoms with Crippen LogP contribution in [0.15, 0.2) is 0 Å². The summed E-state index contributed by atoms with van der Waals surface area (Å²) in [6.07, 6.45) is 4.45. The molecule has 0 atom stereocenters. The van der Waals surface area contributed by atoms with Crippen molar-refractivity contribution in [3.05, 3.63) is 0 Å². The molecule has 2 heterocycles. The van der Waals surface area contributed by atoms with Crippen LogP contribution >= 0.6 is 0 Å². The van der Waals surface area contributed by atoms with E-state index < -0.39 is 0 Å². The molecule has 0 aromatic heterocycles. The maximum atomic E-state index is 6.14. The Morgan fingerprint density at radius 2 is 1.13 bits per heavy atom. The summed E-state index contributed by atoms with van der Waals surface area (Å²) in [4.78, 5) is 0. The quantitative estimate of drug-likeness (QED) is 0.548. The highest BCUT2D eigenvalue weighted by atomic mass is 16.5. The Morgan fingerprint density at radius 3 is 1.35 bits per heavy atom. The van der Waals surface area contributed by atoms with Gasteiger partial charge in [0.2, 0.25) is 0 Å². The van der Waals surface area contributed by atoms with Crippen LogP contribution in [0.2, 0.25) is 0 Å². The molecule has 2 aliphatic heterocycles. The number of ether oxygens (including phenoxy) is 4. The van der Waals surface area contributed by atoms with Crippen LogP contribution in [0.4, 0.5) is 0 Å². The molecule has 0 N–H and O–H groups in total. The molecule has 2 aliphatic rings. The lowest BCUT2D eigenvalue weighted by Gasteiger charge is -2.43. The maximum Gasteiger partial charge on any atom is 0.0566 e. The van der Waals surface area contributed by atoms with Gasteiger partial charge in [0, 0.05) is 16.2 Å². The van der Waals surface area contributed by atoms with Gasteiger partial charge < -0.3 is 18.9 Å². The standard InChI is InChI=1S/C19H36O4/c1-5-17(6-2,9-20-11-18(7-3)13-22-14-18)10-21-12-19(8-4)15-23-16-19/h5-16H2,1-4H3. The van der Waals surface area contributed by atoms with E-state index in [1.807, 2.05) is 0 Å². The Balaban J connectivity index is 1.76. The molecular weight excluding hydrogens is 292 g/mol. The third-order valence-corrected chi connectivity index (χ3v) is 6.27. The van der Waals surface area contributed by atoms with Crippen LogP contribution in [-0.4, -0.2) is 52.9 Å². The number of hydrogen-bond acceptors (Lipinski definition) is 4. The van der Waals surface area contributed by atoms with E-state index in [2.05, 4.69) is 27.7 Å². The normalized spacial score (nSPS) is 22.4. The van der Waals surface area contributed by atoms with Crippen molar-refractivity contribution in [2.75, 3.05) is 52.9 Å². The molecule has 0 amide bonds. The molecule has 0 radical (unpaired) electrons. The fourth-order valence-electron chi connectivity index (χ4n) is 3.23. The first-order valence-electron chi connectivity index (χ1n) is 9.38. The summed E-state index contributed by atoms with van der Waals surface area (Å²) in [5, 5.41) is 0. The number of hydrogen-bond donors (Lipinski definition) is 0. The Morgan fingerprint density at radius 1 is 0.739 bits per heavy atom. The molecule has 0 aliphatic carbocycles. The molecule has 4 heteroatoms. The summed E-state index contributed by atoms with van der Waals surface area (Å²) in [6.45, 7) is 15.6. The molecule has 4 nitrogen and oxygen atoms in total. The molecule has 2 rings (SSSR count). The molecular formula is C19H36O4. The first-order valence-corrected chi connectivity index (χ1v) is 9.38. The van der Waals surface area contributed by atoms with Gasteiger partial charge in [-0.25, -0.2) is 0 Å². The predicted octanol–water partition coefficient (Wildman–Crippen LogP) is 3.68. The molecule has 0 saturated carbocycles. The van der Waals surface area contributed by atoms with E-state index in [9.17, 15) is 0 Å². The van der Waals surface area contributed by atoms with Crippen LogP contribution in [0.1, 0.15) is 53.4 Å². The highest BCUT2D eigenvalue weighted by molar-refractivity contribution is 4.86. The molecule has 2 saturated heterocycles. The average Bonchev–Trinajstić information content (AvgIpc) is 2.51. The molecule has 0 aromatic rings. The summed E-state index contributed by atoms with van der Waals surface area (Å²) in [5.74, 6) is 0. The van der Waals surface area contributed by atoms with Crippen molar-refractivity contribution in [3.63, 3.8) is 0 Å². The number of rotatable bonds is 12. The lowest BCUT2D eigenvalue weighted by atomic mass is 9.82. The summed E-state index contributed by atoms with van der Waals surface area (Å²) in [5.41, 5.74) is 0.673. The minimum absolute atomic E-state index is 0.138. The summed E-state index contributed by atoms with van der Waals surface area (Å²) >= 11 is 0. The second-order valence-electron chi connectivity index (χ2n) is 7.89. The largest absolute Gasteiger partial charge is 0.380 e. The average molecular weight is 328 g/mol. The molecule has 0 unspecified atom stereocenters. The van der Waals surface area contributed by atoms with Crippen LogP contribution in [-0.2, 0) is 18.9 Å². The van der Waals surface area contributed by atoms with Gasteiger partial charge in [0.15, 0.2) is 0 Å². The van der Waals surface area contributed by atoms with E-state index in [0.29, 0.717) is 0 Å². The van der Waals surface area contributed by atoms with E-state index in [1.165, 1.54) is 0 Å². The molecule has 0 spiro atoms. The molecule has 2 fully saturated rings. The molecule has 0 aromatic carbocycles. The zero-order chi connectivity index (χ0) is 16.8. The van der Waals surface area contributed by atoms with Gasteiger partial charge in [-0.1, -0.05) is 27.7 Å². The van der Waals surface area contributed by atoms with Gasteiger partial charge in [-0.2, -0.15) is 0 Å². The van der Waals surface area contributed by atoms with Crippen molar-refractivity contribution >= 4 is 0 Å². The SMILES string of the molecule is CCC(CC)(COCC1(CC)COC1)COCC1(CC)COC1. The van der Waals surface area contributed by atoms with Crippen LogP contribution in [0.25, 0.3) is 0 Å². The van der Waals surface area contributed by atoms with Crippen LogP contribution in [0, 0.1) is 16.2 Å². The third kappa shape index (κ3) is 4.47. The van der Waals surface area contributed by atoms with E-state index >= 15 is 0 Å². The first kappa shape index (κ1) is 19.2.